The Bertz CT molecular complexity index is 883. The number of hydrogen-bond acceptors (Lipinski definition) is 8. The third kappa shape index (κ3) is 3.80. The summed E-state index contributed by atoms with van der Waals surface area (Å²) in [4.78, 5) is 18.2. The number of carbonyl (C=O) groups excluding carboxylic acids is 1. The van der Waals surface area contributed by atoms with Gasteiger partial charge in [0.2, 0.25) is 0 Å². The van der Waals surface area contributed by atoms with E-state index in [9.17, 15) is 9.18 Å². The molecule has 3 aliphatic heterocycles. The molecular weight excluding hydrogens is 393 g/mol. The first-order valence-electron chi connectivity index (χ1n) is 10.2. The molecule has 1 atom stereocenters. The summed E-state index contributed by atoms with van der Waals surface area (Å²) in [5, 5.41) is 6.80. The number of cyclic esters (lactones) is 1. The minimum absolute atomic E-state index is 0.329. The van der Waals surface area contributed by atoms with Crippen molar-refractivity contribution in [2.24, 2.45) is 0 Å². The second kappa shape index (κ2) is 8.11. The number of carbonyl (C=O) groups is 1. The molecule has 0 radical (unpaired) electrons. The molecule has 0 aliphatic carbocycles. The molecule has 1 aromatic heterocycles. The largest absolute Gasteiger partial charge is 0.442 e. The molecule has 2 aromatic rings. The number of aromatic nitrogens is 1. The van der Waals surface area contributed by atoms with E-state index >= 15 is 0 Å². The fraction of sp³-hybridized carbons (Fsp3) is 0.500. The Kier molecular flexibility index (Phi) is 5.17. The van der Waals surface area contributed by atoms with E-state index in [2.05, 4.69) is 20.3 Å². The van der Waals surface area contributed by atoms with Crippen molar-refractivity contribution in [3.05, 3.63) is 36.3 Å². The summed E-state index contributed by atoms with van der Waals surface area (Å²) in [6.45, 7) is 5.66. The quantitative estimate of drug-likeness (QED) is 0.762. The van der Waals surface area contributed by atoms with E-state index < -0.39 is 6.09 Å². The maximum Gasteiger partial charge on any atom is 0.414 e. The fourth-order valence-corrected chi connectivity index (χ4v) is 4.04. The summed E-state index contributed by atoms with van der Waals surface area (Å²) in [6, 6.07) is 7.13. The number of rotatable bonds is 6. The van der Waals surface area contributed by atoms with Crippen LogP contribution in [0.25, 0.3) is 0 Å². The molecule has 0 bridgehead atoms. The van der Waals surface area contributed by atoms with Crippen LogP contribution in [0.1, 0.15) is 0 Å². The molecule has 9 nitrogen and oxygen atoms in total. The van der Waals surface area contributed by atoms with E-state index in [1.807, 2.05) is 0 Å². The van der Waals surface area contributed by atoms with E-state index in [4.69, 9.17) is 14.0 Å². The molecule has 30 heavy (non-hydrogen) atoms. The number of hydrogen-bond donors (Lipinski definition) is 1. The summed E-state index contributed by atoms with van der Waals surface area (Å²) in [6.07, 6.45) is 0.618. The van der Waals surface area contributed by atoms with Gasteiger partial charge in [0, 0.05) is 32.2 Å². The minimum atomic E-state index is -0.481. The van der Waals surface area contributed by atoms with E-state index in [-0.39, 0.29) is 11.9 Å². The number of halogens is 1. The van der Waals surface area contributed by atoms with Crippen molar-refractivity contribution in [1.29, 1.82) is 0 Å². The van der Waals surface area contributed by atoms with Gasteiger partial charge in [0.05, 0.1) is 43.7 Å². The predicted molar refractivity (Wildman–Crippen MR) is 107 cm³/mol. The molecule has 0 spiro atoms. The van der Waals surface area contributed by atoms with E-state index in [0.717, 1.165) is 39.4 Å². The predicted octanol–water partition coefficient (Wildman–Crippen LogP) is 1.77. The molecule has 1 unspecified atom stereocenters. The third-order valence-electron chi connectivity index (χ3n) is 5.86. The van der Waals surface area contributed by atoms with Crippen molar-refractivity contribution < 1.29 is 23.2 Å². The van der Waals surface area contributed by atoms with Crippen LogP contribution in [0.3, 0.4) is 0 Å². The SMILES string of the molecule is O=C1OC(CNc2ccon2)CN1c1ccc(N2CCN(C3COC3)CC2)c(F)c1. The van der Waals surface area contributed by atoms with Crippen LogP contribution >= 0.6 is 0 Å². The standard InChI is InChI=1S/C20H24FN5O4/c21-17-9-14(26-11-16(30-20(26)27)10-22-19-3-8-29-23-19)1-2-18(17)25-6-4-24(5-7-25)15-12-28-13-15/h1-3,8-9,15-16H,4-7,10-13H2,(H,22,23). The minimum Gasteiger partial charge on any atom is -0.442 e. The van der Waals surface area contributed by atoms with Gasteiger partial charge in [0.25, 0.3) is 0 Å². The van der Waals surface area contributed by atoms with Crippen LogP contribution in [0, 0.1) is 5.82 Å². The van der Waals surface area contributed by atoms with Crippen LogP contribution in [-0.4, -0.2) is 80.8 Å². The number of piperazine rings is 1. The zero-order chi connectivity index (χ0) is 20.5. The molecule has 0 saturated carbocycles. The second-order valence-electron chi connectivity index (χ2n) is 7.73. The highest BCUT2D eigenvalue weighted by atomic mass is 19.1. The zero-order valence-electron chi connectivity index (χ0n) is 16.5. The summed E-state index contributed by atoms with van der Waals surface area (Å²) < 4.78 is 30.3. The summed E-state index contributed by atoms with van der Waals surface area (Å²) >= 11 is 0. The van der Waals surface area contributed by atoms with Gasteiger partial charge < -0.3 is 24.2 Å². The smallest absolute Gasteiger partial charge is 0.414 e. The van der Waals surface area contributed by atoms with Crippen molar-refractivity contribution in [3.8, 4) is 0 Å². The van der Waals surface area contributed by atoms with Gasteiger partial charge in [-0.1, -0.05) is 5.16 Å². The summed E-state index contributed by atoms with van der Waals surface area (Å²) in [5.74, 6) is 0.245. The van der Waals surface area contributed by atoms with Crippen LogP contribution in [-0.2, 0) is 9.47 Å². The van der Waals surface area contributed by atoms with Crippen LogP contribution in [0.4, 0.5) is 26.4 Å². The van der Waals surface area contributed by atoms with Crippen LogP contribution < -0.4 is 15.1 Å². The zero-order valence-corrected chi connectivity index (χ0v) is 16.5. The van der Waals surface area contributed by atoms with E-state index in [1.54, 1.807) is 18.2 Å². The maximum atomic E-state index is 14.9. The first-order chi connectivity index (χ1) is 14.7. The monoisotopic (exact) mass is 417 g/mol. The molecule has 10 heteroatoms. The Morgan fingerprint density at radius 1 is 1.17 bits per heavy atom. The van der Waals surface area contributed by atoms with E-state index in [0.29, 0.717) is 36.3 Å². The highest BCUT2D eigenvalue weighted by Gasteiger charge is 2.33. The Morgan fingerprint density at radius 3 is 2.67 bits per heavy atom. The van der Waals surface area contributed by atoms with Gasteiger partial charge in [-0.3, -0.25) is 9.80 Å². The lowest BCUT2D eigenvalue weighted by Gasteiger charge is -2.43. The Morgan fingerprint density at radius 2 is 2.00 bits per heavy atom. The average molecular weight is 417 g/mol. The Balaban J connectivity index is 1.19. The summed E-state index contributed by atoms with van der Waals surface area (Å²) in [7, 11) is 0. The van der Waals surface area contributed by atoms with Crippen LogP contribution in [0.2, 0.25) is 0 Å². The highest BCUT2D eigenvalue weighted by Crippen LogP contribution is 2.29. The average Bonchev–Trinajstić information content (AvgIpc) is 3.35. The van der Waals surface area contributed by atoms with Gasteiger partial charge >= 0.3 is 6.09 Å². The molecule has 3 fully saturated rings. The third-order valence-corrected chi connectivity index (χ3v) is 5.86. The lowest BCUT2D eigenvalue weighted by atomic mass is 10.1. The van der Waals surface area contributed by atoms with Crippen molar-refractivity contribution in [1.82, 2.24) is 10.1 Å². The molecule has 1 aromatic carbocycles. The summed E-state index contributed by atoms with van der Waals surface area (Å²) in [5.41, 5.74) is 1.07. The lowest BCUT2D eigenvalue weighted by molar-refractivity contribution is -0.0660. The number of ether oxygens (including phenoxy) is 2. The van der Waals surface area contributed by atoms with E-state index in [1.165, 1.54) is 17.2 Å². The highest BCUT2D eigenvalue weighted by molar-refractivity contribution is 5.90. The Hall–Kier alpha value is -2.85. The lowest BCUT2D eigenvalue weighted by Crippen LogP contribution is -2.56. The Labute approximate surface area is 173 Å². The molecule has 4 heterocycles. The number of amides is 1. The van der Waals surface area contributed by atoms with Gasteiger partial charge in [-0.2, -0.15) is 0 Å². The topological polar surface area (TPSA) is 83.3 Å². The van der Waals surface area contributed by atoms with Gasteiger partial charge in [-0.25, -0.2) is 9.18 Å². The van der Waals surface area contributed by atoms with Gasteiger partial charge in [-0.15, -0.1) is 0 Å². The van der Waals surface area contributed by atoms with Gasteiger partial charge in [0.1, 0.15) is 18.2 Å². The van der Waals surface area contributed by atoms with Crippen molar-refractivity contribution in [3.63, 3.8) is 0 Å². The normalized spacial score (nSPS) is 22.8. The molecule has 1 N–H and O–H groups in total. The fourth-order valence-electron chi connectivity index (χ4n) is 4.04. The van der Waals surface area contributed by atoms with Crippen molar-refractivity contribution in [2.45, 2.75) is 12.1 Å². The molecule has 160 valence electrons. The number of benzene rings is 1. The molecular formula is C20H24FN5O4. The maximum absolute atomic E-state index is 14.9. The number of nitrogens with zero attached hydrogens (tertiary/aromatic N) is 4. The molecule has 3 aliphatic rings. The van der Waals surface area contributed by atoms with Gasteiger partial charge in [-0.05, 0) is 18.2 Å². The molecule has 5 rings (SSSR count). The van der Waals surface area contributed by atoms with Crippen molar-refractivity contribution in [2.75, 3.05) is 67.6 Å². The number of anilines is 3. The second-order valence-corrected chi connectivity index (χ2v) is 7.73. The van der Waals surface area contributed by atoms with Crippen LogP contribution in [0.5, 0.6) is 0 Å². The number of nitrogens with one attached hydrogen (secondary N) is 1. The van der Waals surface area contributed by atoms with Crippen LogP contribution in [0.15, 0.2) is 35.1 Å². The molecule has 1 amide bonds. The van der Waals surface area contributed by atoms with Gasteiger partial charge in [0.15, 0.2) is 5.82 Å². The first-order valence-corrected chi connectivity index (χ1v) is 10.2. The first kappa shape index (κ1) is 19.1. The van der Waals surface area contributed by atoms with Crippen molar-refractivity contribution >= 4 is 23.3 Å². The molecule has 3 saturated heterocycles.